The van der Waals surface area contributed by atoms with Crippen LogP contribution >= 0.6 is 0 Å². The van der Waals surface area contributed by atoms with Crippen LogP contribution in [-0.2, 0) is 14.3 Å². The van der Waals surface area contributed by atoms with Gasteiger partial charge in [-0.3, -0.25) is 9.59 Å². The van der Waals surface area contributed by atoms with E-state index in [1.54, 1.807) is 11.0 Å². The Kier molecular flexibility index (Phi) is 3.35. The number of hydrogen-bond donors (Lipinski definition) is 1. The number of nitrogens with one attached hydrogen (secondary N) is 1. The number of fused-ring (bicyclic) bond motifs is 2. The number of benzene rings is 1. The SMILES string of the molecule is COC(=O)[C@@]12COC[C@@H]1CN(C(=O)c1ccc3nc(C)[nH]c3c1)C2. The number of aromatic amines is 1. The summed E-state index contributed by atoms with van der Waals surface area (Å²) in [7, 11) is 1.38. The molecule has 2 aromatic rings. The van der Waals surface area contributed by atoms with Gasteiger partial charge in [0.1, 0.15) is 11.2 Å². The molecule has 2 fully saturated rings. The predicted molar refractivity (Wildman–Crippen MR) is 85.5 cm³/mol. The second-order valence-electron chi connectivity index (χ2n) is 6.60. The van der Waals surface area contributed by atoms with E-state index in [-0.39, 0.29) is 17.8 Å². The number of ether oxygens (including phenoxy) is 2. The number of carbonyl (C=O) groups is 2. The number of nitrogens with zero attached hydrogens (tertiary/aromatic N) is 2. The summed E-state index contributed by atoms with van der Waals surface area (Å²) < 4.78 is 10.4. The highest BCUT2D eigenvalue weighted by molar-refractivity contribution is 5.98. The van der Waals surface area contributed by atoms with Gasteiger partial charge in [-0.25, -0.2) is 4.98 Å². The second-order valence-corrected chi connectivity index (χ2v) is 6.60. The largest absolute Gasteiger partial charge is 0.468 e. The van der Waals surface area contributed by atoms with Crippen LogP contribution in [0.1, 0.15) is 16.2 Å². The summed E-state index contributed by atoms with van der Waals surface area (Å²) >= 11 is 0. The molecule has 3 heterocycles. The molecule has 2 aliphatic heterocycles. The van der Waals surface area contributed by atoms with Crippen LogP contribution in [0.15, 0.2) is 18.2 Å². The van der Waals surface area contributed by atoms with E-state index in [0.717, 1.165) is 16.9 Å². The van der Waals surface area contributed by atoms with Crippen LogP contribution in [-0.4, -0.2) is 60.2 Å². The lowest BCUT2D eigenvalue weighted by molar-refractivity contribution is -0.153. The Labute approximate surface area is 138 Å². The molecule has 0 aliphatic carbocycles. The quantitative estimate of drug-likeness (QED) is 0.835. The molecule has 126 valence electrons. The van der Waals surface area contributed by atoms with Crippen molar-refractivity contribution < 1.29 is 19.1 Å². The monoisotopic (exact) mass is 329 g/mol. The number of hydrogen-bond acceptors (Lipinski definition) is 5. The Bertz CT molecular complexity index is 830. The third kappa shape index (κ3) is 2.11. The highest BCUT2D eigenvalue weighted by atomic mass is 16.5. The smallest absolute Gasteiger partial charge is 0.316 e. The number of methoxy groups -OCH3 is 1. The third-order valence-electron chi connectivity index (χ3n) is 5.10. The molecular formula is C17H19N3O4. The van der Waals surface area contributed by atoms with E-state index in [1.165, 1.54) is 7.11 Å². The van der Waals surface area contributed by atoms with E-state index in [0.29, 0.717) is 31.9 Å². The fourth-order valence-electron chi connectivity index (χ4n) is 3.83. The molecule has 2 aliphatic rings. The first kappa shape index (κ1) is 15.1. The first-order valence-electron chi connectivity index (χ1n) is 7.95. The minimum absolute atomic E-state index is 0.00738. The summed E-state index contributed by atoms with van der Waals surface area (Å²) in [6.07, 6.45) is 0. The van der Waals surface area contributed by atoms with Crippen LogP contribution in [0.4, 0.5) is 0 Å². The van der Waals surface area contributed by atoms with Crippen LogP contribution in [0.25, 0.3) is 11.0 Å². The minimum atomic E-state index is -0.723. The van der Waals surface area contributed by atoms with Crippen molar-refractivity contribution in [1.82, 2.24) is 14.9 Å². The van der Waals surface area contributed by atoms with Gasteiger partial charge in [-0.2, -0.15) is 0 Å². The van der Waals surface area contributed by atoms with Crippen molar-refractivity contribution in [2.45, 2.75) is 6.92 Å². The van der Waals surface area contributed by atoms with Gasteiger partial charge in [-0.15, -0.1) is 0 Å². The normalized spacial score (nSPS) is 25.9. The van der Waals surface area contributed by atoms with E-state index >= 15 is 0 Å². The molecule has 24 heavy (non-hydrogen) atoms. The molecule has 1 aromatic carbocycles. The van der Waals surface area contributed by atoms with E-state index < -0.39 is 5.41 Å². The maximum atomic E-state index is 12.9. The highest BCUT2D eigenvalue weighted by Gasteiger charge is 2.57. The topological polar surface area (TPSA) is 84.5 Å². The molecule has 2 saturated heterocycles. The molecule has 0 bridgehead atoms. The summed E-state index contributed by atoms with van der Waals surface area (Å²) in [6.45, 7) is 3.52. The zero-order chi connectivity index (χ0) is 16.9. The van der Waals surface area contributed by atoms with Gasteiger partial charge in [0.2, 0.25) is 0 Å². The lowest BCUT2D eigenvalue weighted by Crippen LogP contribution is -2.41. The van der Waals surface area contributed by atoms with Crippen LogP contribution in [0, 0.1) is 18.3 Å². The Morgan fingerprint density at radius 3 is 3.08 bits per heavy atom. The summed E-state index contributed by atoms with van der Waals surface area (Å²) in [6, 6.07) is 5.43. The number of esters is 1. The van der Waals surface area contributed by atoms with Gasteiger partial charge in [0.05, 0.1) is 31.4 Å². The predicted octanol–water partition coefficient (Wildman–Crippen LogP) is 1.13. The molecule has 0 saturated carbocycles. The molecule has 7 heteroatoms. The molecule has 0 radical (unpaired) electrons. The van der Waals surface area contributed by atoms with Crippen LogP contribution in [0.2, 0.25) is 0 Å². The van der Waals surface area contributed by atoms with Crippen molar-refractivity contribution in [1.29, 1.82) is 0 Å². The fraction of sp³-hybridized carbons (Fsp3) is 0.471. The maximum absolute atomic E-state index is 12.9. The lowest BCUT2D eigenvalue weighted by Gasteiger charge is -2.23. The molecule has 2 atom stereocenters. The van der Waals surface area contributed by atoms with Gasteiger partial charge in [-0.1, -0.05) is 0 Å². The van der Waals surface area contributed by atoms with Gasteiger partial charge < -0.3 is 19.4 Å². The number of aromatic nitrogens is 2. The molecule has 7 nitrogen and oxygen atoms in total. The third-order valence-corrected chi connectivity index (χ3v) is 5.10. The zero-order valence-electron chi connectivity index (χ0n) is 13.7. The molecular weight excluding hydrogens is 310 g/mol. The van der Waals surface area contributed by atoms with Crippen molar-refractivity contribution in [3.05, 3.63) is 29.6 Å². The Morgan fingerprint density at radius 2 is 2.29 bits per heavy atom. The molecule has 1 amide bonds. The van der Waals surface area contributed by atoms with Gasteiger partial charge in [0.25, 0.3) is 5.91 Å². The van der Waals surface area contributed by atoms with E-state index in [4.69, 9.17) is 9.47 Å². The maximum Gasteiger partial charge on any atom is 0.316 e. The molecule has 4 rings (SSSR count). The van der Waals surface area contributed by atoms with Crippen molar-refractivity contribution in [3.63, 3.8) is 0 Å². The van der Waals surface area contributed by atoms with Gasteiger partial charge in [0, 0.05) is 24.6 Å². The van der Waals surface area contributed by atoms with Gasteiger partial charge in [-0.05, 0) is 25.1 Å². The van der Waals surface area contributed by atoms with Crippen molar-refractivity contribution >= 4 is 22.9 Å². The number of H-pyrrole nitrogens is 1. The molecule has 0 spiro atoms. The summed E-state index contributed by atoms with van der Waals surface area (Å²) in [5.74, 6) is 0.431. The van der Waals surface area contributed by atoms with Gasteiger partial charge >= 0.3 is 5.97 Å². The number of carbonyl (C=O) groups excluding carboxylic acids is 2. The average Bonchev–Trinajstić information content (AvgIpc) is 3.23. The summed E-state index contributed by atoms with van der Waals surface area (Å²) in [5.41, 5.74) is 1.54. The number of imidazole rings is 1. The Morgan fingerprint density at radius 1 is 1.46 bits per heavy atom. The standard InChI is InChI=1S/C17H19N3O4/c1-10-18-13-4-3-11(5-14(13)19-10)15(21)20-6-12-7-24-9-17(12,8-20)16(22)23-2/h3-5,12H,6-9H2,1-2H3,(H,18,19)/t12-,17-/m0/s1. The Balaban J connectivity index is 1.61. The van der Waals surface area contributed by atoms with Gasteiger partial charge in [0.15, 0.2) is 0 Å². The summed E-state index contributed by atoms with van der Waals surface area (Å²) in [5, 5.41) is 0. The van der Waals surface area contributed by atoms with Crippen molar-refractivity contribution in [2.24, 2.45) is 11.3 Å². The van der Waals surface area contributed by atoms with Crippen molar-refractivity contribution in [3.8, 4) is 0 Å². The highest BCUT2D eigenvalue weighted by Crippen LogP contribution is 2.42. The number of aryl methyl sites for hydroxylation is 1. The zero-order valence-corrected chi connectivity index (χ0v) is 13.7. The average molecular weight is 329 g/mol. The van der Waals surface area contributed by atoms with E-state index in [2.05, 4.69) is 9.97 Å². The van der Waals surface area contributed by atoms with E-state index in [1.807, 2.05) is 19.1 Å². The fourth-order valence-corrected chi connectivity index (χ4v) is 3.83. The first-order chi connectivity index (χ1) is 11.5. The molecule has 0 unspecified atom stereocenters. The first-order valence-corrected chi connectivity index (χ1v) is 7.95. The summed E-state index contributed by atoms with van der Waals surface area (Å²) in [4.78, 5) is 34.3. The number of amides is 1. The molecule has 1 aromatic heterocycles. The van der Waals surface area contributed by atoms with Crippen LogP contribution in [0.5, 0.6) is 0 Å². The number of likely N-dealkylation sites (tertiary alicyclic amines) is 1. The van der Waals surface area contributed by atoms with Crippen LogP contribution in [0.3, 0.4) is 0 Å². The Hall–Kier alpha value is -2.41. The minimum Gasteiger partial charge on any atom is -0.468 e. The van der Waals surface area contributed by atoms with Crippen molar-refractivity contribution in [2.75, 3.05) is 33.4 Å². The van der Waals surface area contributed by atoms with E-state index in [9.17, 15) is 9.59 Å². The second kappa shape index (κ2) is 5.31. The number of rotatable bonds is 2. The lowest BCUT2D eigenvalue weighted by atomic mass is 9.81. The van der Waals surface area contributed by atoms with Crippen LogP contribution < -0.4 is 0 Å². The molecule has 1 N–H and O–H groups in total.